The van der Waals surface area contributed by atoms with Gasteiger partial charge in [-0.15, -0.1) is 11.8 Å². The van der Waals surface area contributed by atoms with E-state index in [1.54, 1.807) is 11.8 Å². The number of carbonyl (C=O) groups excluding carboxylic acids is 1. The molecule has 1 N–H and O–H groups in total. The van der Waals surface area contributed by atoms with Crippen LogP contribution < -0.4 is 5.32 Å². The van der Waals surface area contributed by atoms with Crippen molar-refractivity contribution in [1.82, 2.24) is 5.32 Å². The summed E-state index contributed by atoms with van der Waals surface area (Å²) in [7, 11) is 0. The van der Waals surface area contributed by atoms with E-state index >= 15 is 0 Å². The second-order valence-electron chi connectivity index (χ2n) is 5.12. The van der Waals surface area contributed by atoms with Crippen LogP contribution in [0.15, 0.2) is 54.6 Å². The van der Waals surface area contributed by atoms with E-state index in [-0.39, 0.29) is 11.9 Å². The van der Waals surface area contributed by atoms with Crippen molar-refractivity contribution in [1.29, 1.82) is 0 Å². The van der Waals surface area contributed by atoms with E-state index in [4.69, 9.17) is 0 Å². The van der Waals surface area contributed by atoms with Gasteiger partial charge in [-0.05, 0) is 30.5 Å². The van der Waals surface area contributed by atoms with Gasteiger partial charge >= 0.3 is 0 Å². The number of hydrogen-bond donors (Lipinski definition) is 1. The van der Waals surface area contributed by atoms with E-state index < -0.39 is 0 Å². The lowest BCUT2D eigenvalue weighted by Gasteiger charge is -2.16. The fraction of sp³-hybridized carbons (Fsp3) is 0.278. The van der Waals surface area contributed by atoms with E-state index in [1.165, 1.54) is 16.7 Å². The molecule has 0 aliphatic carbocycles. The normalized spacial score (nSPS) is 11.9. The zero-order valence-electron chi connectivity index (χ0n) is 12.5. The smallest absolute Gasteiger partial charge is 0.230 e. The van der Waals surface area contributed by atoms with Gasteiger partial charge in [-0.25, -0.2) is 0 Å². The van der Waals surface area contributed by atoms with E-state index in [0.29, 0.717) is 5.75 Å². The Morgan fingerprint density at radius 2 is 1.76 bits per heavy atom. The Hall–Kier alpha value is -1.74. The fourth-order valence-electron chi connectivity index (χ4n) is 2.27. The maximum absolute atomic E-state index is 12.0. The molecule has 1 unspecified atom stereocenters. The van der Waals surface area contributed by atoms with Crippen LogP contribution in [-0.4, -0.2) is 11.7 Å². The van der Waals surface area contributed by atoms with Crippen molar-refractivity contribution in [2.24, 2.45) is 0 Å². The first kappa shape index (κ1) is 15.6. The molecule has 1 amide bonds. The SMILES string of the molecule is Cc1ccccc1C(C)NC(=O)CSCc1ccccc1. The Bertz CT molecular complexity index is 583. The third kappa shape index (κ3) is 4.94. The molecule has 2 aromatic carbocycles. The van der Waals surface area contributed by atoms with Crippen molar-refractivity contribution in [3.8, 4) is 0 Å². The second-order valence-corrected chi connectivity index (χ2v) is 6.11. The van der Waals surface area contributed by atoms with Gasteiger partial charge < -0.3 is 5.32 Å². The summed E-state index contributed by atoms with van der Waals surface area (Å²) < 4.78 is 0. The third-order valence-corrected chi connectivity index (χ3v) is 4.38. The minimum atomic E-state index is 0.0519. The summed E-state index contributed by atoms with van der Waals surface area (Å²) in [5.41, 5.74) is 3.64. The Morgan fingerprint density at radius 3 is 2.48 bits per heavy atom. The van der Waals surface area contributed by atoms with Crippen LogP contribution in [0, 0.1) is 6.92 Å². The van der Waals surface area contributed by atoms with Crippen LogP contribution in [0.5, 0.6) is 0 Å². The van der Waals surface area contributed by atoms with Crippen molar-refractivity contribution in [2.45, 2.75) is 25.6 Å². The number of aryl methyl sites for hydroxylation is 1. The highest BCUT2D eigenvalue weighted by molar-refractivity contribution is 7.99. The standard InChI is InChI=1S/C18H21NOS/c1-14-8-6-7-11-17(14)15(2)19-18(20)13-21-12-16-9-4-3-5-10-16/h3-11,15H,12-13H2,1-2H3,(H,19,20). The van der Waals surface area contributed by atoms with Crippen LogP contribution in [0.2, 0.25) is 0 Å². The lowest BCUT2D eigenvalue weighted by Crippen LogP contribution is -2.28. The predicted molar refractivity (Wildman–Crippen MR) is 90.3 cm³/mol. The van der Waals surface area contributed by atoms with Crippen LogP contribution in [0.4, 0.5) is 0 Å². The molecular weight excluding hydrogens is 278 g/mol. The second kappa shape index (κ2) is 7.89. The summed E-state index contributed by atoms with van der Waals surface area (Å²) in [5, 5.41) is 3.06. The van der Waals surface area contributed by atoms with E-state index in [1.807, 2.05) is 37.3 Å². The van der Waals surface area contributed by atoms with Crippen LogP contribution in [0.1, 0.15) is 29.7 Å². The number of thioether (sulfide) groups is 1. The fourth-order valence-corrected chi connectivity index (χ4v) is 3.07. The lowest BCUT2D eigenvalue weighted by atomic mass is 10.0. The molecule has 0 saturated heterocycles. The zero-order chi connectivity index (χ0) is 15.1. The molecule has 110 valence electrons. The Labute approximate surface area is 131 Å². The summed E-state index contributed by atoms with van der Waals surface area (Å²) in [6.07, 6.45) is 0. The maximum atomic E-state index is 12.0. The summed E-state index contributed by atoms with van der Waals surface area (Å²) in [5.74, 6) is 1.45. The van der Waals surface area contributed by atoms with E-state index in [0.717, 1.165) is 5.75 Å². The molecule has 0 aromatic heterocycles. The first-order valence-corrected chi connectivity index (χ1v) is 8.29. The van der Waals surface area contributed by atoms with Crippen molar-refractivity contribution in [3.63, 3.8) is 0 Å². The first-order chi connectivity index (χ1) is 10.2. The quantitative estimate of drug-likeness (QED) is 0.870. The summed E-state index contributed by atoms with van der Waals surface area (Å²) in [4.78, 5) is 12.0. The summed E-state index contributed by atoms with van der Waals surface area (Å²) in [6.45, 7) is 4.10. The number of hydrogen-bond acceptors (Lipinski definition) is 2. The summed E-state index contributed by atoms with van der Waals surface area (Å²) >= 11 is 1.64. The third-order valence-electron chi connectivity index (χ3n) is 3.38. The number of nitrogens with one attached hydrogen (secondary N) is 1. The molecule has 21 heavy (non-hydrogen) atoms. The van der Waals surface area contributed by atoms with Crippen LogP contribution in [-0.2, 0) is 10.5 Å². The highest BCUT2D eigenvalue weighted by Crippen LogP contribution is 2.17. The summed E-state index contributed by atoms with van der Waals surface area (Å²) in [6, 6.07) is 18.4. The number of carbonyl (C=O) groups is 1. The van der Waals surface area contributed by atoms with Gasteiger partial charge in [0.2, 0.25) is 5.91 Å². The average Bonchev–Trinajstić information content (AvgIpc) is 2.48. The molecule has 0 fully saturated rings. The molecule has 0 aliphatic heterocycles. The van der Waals surface area contributed by atoms with Gasteiger partial charge in [0.1, 0.15) is 0 Å². The first-order valence-electron chi connectivity index (χ1n) is 7.13. The van der Waals surface area contributed by atoms with Crippen molar-refractivity contribution in [3.05, 3.63) is 71.3 Å². The number of amides is 1. The predicted octanol–water partition coefficient (Wildman–Crippen LogP) is 4.11. The molecule has 0 saturated carbocycles. The number of rotatable bonds is 6. The molecule has 0 bridgehead atoms. The zero-order valence-corrected chi connectivity index (χ0v) is 13.3. The number of benzene rings is 2. The van der Waals surface area contributed by atoms with E-state index in [2.05, 4.69) is 36.5 Å². The topological polar surface area (TPSA) is 29.1 Å². The van der Waals surface area contributed by atoms with Crippen molar-refractivity contribution in [2.75, 3.05) is 5.75 Å². The van der Waals surface area contributed by atoms with Crippen LogP contribution >= 0.6 is 11.8 Å². The molecule has 0 spiro atoms. The highest BCUT2D eigenvalue weighted by Gasteiger charge is 2.11. The van der Waals surface area contributed by atoms with Crippen molar-refractivity contribution < 1.29 is 4.79 Å². The molecule has 0 aliphatic rings. The Balaban J connectivity index is 1.78. The van der Waals surface area contributed by atoms with Gasteiger partial charge in [0.05, 0.1) is 11.8 Å². The van der Waals surface area contributed by atoms with Gasteiger partial charge in [0, 0.05) is 5.75 Å². The van der Waals surface area contributed by atoms with Crippen LogP contribution in [0.3, 0.4) is 0 Å². The van der Waals surface area contributed by atoms with Crippen molar-refractivity contribution >= 4 is 17.7 Å². The molecule has 2 aromatic rings. The van der Waals surface area contributed by atoms with Gasteiger partial charge in [0.15, 0.2) is 0 Å². The highest BCUT2D eigenvalue weighted by atomic mass is 32.2. The molecule has 2 nitrogen and oxygen atoms in total. The van der Waals surface area contributed by atoms with Gasteiger partial charge in [-0.2, -0.15) is 0 Å². The lowest BCUT2D eigenvalue weighted by molar-refractivity contribution is -0.119. The average molecular weight is 299 g/mol. The molecule has 1 atom stereocenters. The minimum absolute atomic E-state index is 0.0519. The van der Waals surface area contributed by atoms with Gasteiger partial charge in [-0.1, -0.05) is 54.6 Å². The monoisotopic (exact) mass is 299 g/mol. The molecule has 3 heteroatoms. The molecule has 2 rings (SSSR count). The van der Waals surface area contributed by atoms with Crippen LogP contribution in [0.25, 0.3) is 0 Å². The molecule has 0 heterocycles. The molecular formula is C18H21NOS. The largest absolute Gasteiger partial charge is 0.349 e. The van der Waals surface area contributed by atoms with Gasteiger partial charge in [0.25, 0.3) is 0 Å². The van der Waals surface area contributed by atoms with E-state index in [9.17, 15) is 4.79 Å². The molecule has 0 radical (unpaired) electrons. The Kier molecular flexibility index (Phi) is 5.88. The minimum Gasteiger partial charge on any atom is -0.349 e. The maximum Gasteiger partial charge on any atom is 0.230 e. The Morgan fingerprint density at radius 1 is 1.10 bits per heavy atom. The van der Waals surface area contributed by atoms with Gasteiger partial charge in [-0.3, -0.25) is 4.79 Å².